The minimum Gasteiger partial charge on any atom is -0.486 e. The number of piperidine rings is 1. The Labute approximate surface area is 140 Å². The van der Waals surface area contributed by atoms with Crippen molar-refractivity contribution in [1.29, 1.82) is 0 Å². The molecule has 2 heterocycles. The van der Waals surface area contributed by atoms with Crippen molar-refractivity contribution in [2.24, 2.45) is 0 Å². The predicted octanol–water partition coefficient (Wildman–Crippen LogP) is -0.706. The van der Waals surface area contributed by atoms with Crippen molar-refractivity contribution in [2.75, 3.05) is 13.6 Å². The number of aliphatic hydroxyl groups is 4. The molecule has 4 aliphatic rings. The SMILES string of the molecule is CN1CCC23c4c5ccc(CO)c4OC2C(O)CC(O)[C@@]3(O)C1C5. The predicted molar refractivity (Wildman–Crippen MR) is 84.8 cm³/mol. The molecule has 2 fully saturated rings. The first-order chi connectivity index (χ1) is 11.4. The van der Waals surface area contributed by atoms with E-state index in [1.54, 1.807) is 0 Å². The molecule has 1 saturated carbocycles. The molecule has 0 amide bonds. The molecule has 2 bridgehead atoms. The fourth-order valence-electron chi connectivity index (χ4n) is 5.97. The van der Waals surface area contributed by atoms with Crippen LogP contribution in [0.25, 0.3) is 0 Å². The van der Waals surface area contributed by atoms with Crippen LogP contribution in [-0.4, -0.2) is 68.9 Å². The smallest absolute Gasteiger partial charge is 0.137 e. The molecule has 1 aromatic rings. The lowest BCUT2D eigenvalue weighted by Crippen LogP contribution is -2.81. The van der Waals surface area contributed by atoms with Crippen LogP contribution >= 0.6 is 0 Å². The van der Waals surface area contributed by atoms with E-state index >= 15 is 0 Å². The number of hydrogen-bond acceptors (Lipinski definition) is 6. The van der Waals surface area contributed by atoms with E-state index in [9.17, 15) is 20.4 Å². The third kappa shape index (κ3) is 1.39. The molecule has 6 atom stereocenters. The second kappa shape index (κ2) is 4.51. The van der Waals surface area contributed by atoms with E-state index in [4.69, 9.17) is 4.74 Å². The molecule has 2 aliphatic carbocycles. The Morgan fingerprint density at radius 2 is 2.12 bits per heavy atom. The standard InChI is InChI=1S/C18H23NO5/c1-19-5-4-17-14-9-2-3-10(8-20)15(14)24-16(17)11(21)7-13(22)18(17,23)12(19)6-9/h2-3,11-13,16,20-23H,4-8H2,1H3/t11?,12?,13?,16?,17?,18-/m0/s1. The molecule has 0 aromatic heterocycles. The van der Waals surface area contributed by atoms with Gasteiger partial charge in [-0.25, -0.2) is 0 Å². The van der Waals surface area contributed by atoms with E-state index in [1.165, 1.54) is 0 Å². The number of likely N-dealkylation sites (tertiary alicyclic amines) is 1. The van der Waals surface area contributed by atoms with E-state index in [-0.39, 0.29) is 19.1 Å². The van der Waals surface area contributed by atoms with E-state index in [1.807, 2.05) is 19.2 Å². The quantitative estimate of drug-likeness (QED) is 0.543. The summed E-state index contributed by atoms with van der Waals surface area (Å²) in [5.74, 6) is 0.606. The zero-order valence-corrected chi connectivity index (χ0v) is 13.6. The Bertz CT molecular complexity index is 724. The maximum atomic E-state index is 11.8. The van der Waals surface area contributed by atoms with Crippen LogP contribution in [0.3, 0.4) is 0 Å². The van der Waals surface area contributed by atoms with Crippen molar-refractivity contribution < 1.29 is 25.2 Å². The molecule has 4 N–H and O–H groups in total. The number of nitrogens with zero attached hydrogens (tertiary/aromatic N) is 1. The van der Waals surface area contributed by atoms with Crippen molar-refractivity contribution in [3.8, 4) is 5.75 Å². The average Bonchev–Trinajstić information content (AvgIpc) is 2.91. The number of benzene rings is 1. The van der Waals surface area contributed by atoms with Crippen molar-refractivity contribution in [2.45, 2.75) is 61.2 Å². The summed E-state index contributed by atoms with van der Waals surface area (Å²) in [7, 11) is 1.98. The van der Waals surface area contributed by atoms with Crippen LogP contribution in [0.5, 0.6) is 5.75 Å². The van der Waals surface area contributed by atoms with Gasteiger partial charge in [0.05, 0.1) is 24.2 Å². The molecule has 0 radical (unpaired) electrons. The summed E-state index contributed by atoms with van der Waals surface area (Å²) in [6, 6.07) is 3.65. The van der Waals surface area contributed by atoms with E-state index < -0.39 is 29.3 Å². The number of hydrogen-bond donors (Lipinski definition) is 4. The highest BCUT2D eigenvalue weighted by Crippen LogP contribution is 2.64. The molecular formula is C18H23NO5. The minimum atomic E-state index is -1.35. The average molecular weight is 333 g/mol. The molecular weight excluding hydrogens is 310 g/mol. The topological polar surface area (TPSA) is 93.4 Å². The van der Waals surface area contributed by atoms with Crippen LogP contribution in [0, 0.1) is 0 Å². The van der Waals surface area contributed by atoms with Gasteiger partial charge >= 0.3 is 0 Å². The van der Waals surface area contributed by atoms with Crippen LogP contribution in [-0.2, 0) is 18.4 Å². The third-order valence-electron chi connectivity index (χ3n) is 7.02. The van der Waals surface area contributed by atoms with Crippen LogP contribution in [0.1, 0.15) is 29.5 Å². The largest absolute Gasteiger partial charge is 0.486 e. The minimum absolute atomic E-state index is 0.102. The monoisotopic (exact) mass is 333 g/mol. The summed E-state index contributed by atoms with van der Waals surface area (Å²) in [6.45, 7) is 0.625. The molecule has 2 aliphatic heterocycles. The van der Waals surface area contributed by atoms with Gasteiger partial charge in [0, 0.05) is 23.6 Å². The summed E-state index contributed by atoms with van der Waals surface area (Å²) in [6.07, 6.45) is -1.07. The van der Waals surface area contributed by atoms with Gasteiger partial charge < -0.3 is 30.1 Å². The van der Waals surface area contributed by atoms with Crippen LogP contribution in [0.15, 0.2) is 12.1 Å². The zero-order valence-electron chi connectivity index (χ0n) is 13.6. The summed E-state index contributed by atoms with van der Waals surface area (Å²) in [4.78, 5) is 2.12. The highest BCUT2D eigenvalue weighted by atomic mass is 16.5. The Balaban J connectivity index is 1.86. The molecule has 6 heteroatoms. The summed E-state index contributed by atoms with van der Waals surface area (Å²) >= 11 is 0. The maximum absolute atomic E-state index is 11.8. The third-order valence-corrected chi connectivity index (χ3v) is 7.02. The Hall–Kier alpha value is -1.18. The second-order valence-electron chi connectivity index (χ2n) is 7.85. The van der Waals surface area contributed by atoms with Crippen LogP contribution in [0.2, 0.25) is 0 Å². The molecule has 5 unspecified atom stereocenters. The summed E-state index contributed by atoms with van der Waals surface area (Å²) in [5.41, 5.74) is 0.515. The van der Waals surface area contributed by atoms with Gasteiger partial charge in [-0.1, -0.05) is 12.1 Å². The van der Waals surface area contributed by atoms with Gasteiger partial charge in [-0.2, -0.15) is 0 Å². The second-order valence-corrected chi connectivity index (χ2v) is 7.85. The van der Waals surface area contributed by atoms with Gasteiger partial charge in [-0.15, -0.1) is 0 Å². The van der Waals surface area contributed by atoms with Gasteiger partial charge in [-0.05, 0) is 32.0 Å². The van der Waals surface area contributed by atoms with Gasteiger partial charge in [0.15, 0.2) is 0 Å². The maximum Gasteiger partial charge on any atom is 0.137 e. The van der Waals surface area contributed by atoms with Gasteiger partial charge in [0.1, 0.15) is 17.5 Å². The lowest BCUT2D eigenvalue weighted by Gasteiger charge is -2.64. The first-order valence-electron chi connectivity index (χ1n) is 8.66. The molecule has 1 aromatic carbocycles. The molecule has 6 nitrogen and oxygen atoms in total. The van der Waals surface area contributed by atoms with Gasteiger partial charge in [0.25, 0.3) is 0 Å². The van der Waals surface area contributed by atoms with Gasteiger partial charge in [-0.3, -0.25) is 0 Å². The van der Waals surface area contributed by atoms with Crippen LogP contribution < -0.4 is 4.74 Å². The van der Waals surface area contributed by atoms with Crippen molar-refractivity contribution in [3.63, 3.8) is 0 Å². The fraction of sp³-hybridized carbons (Fsp3) is 0.667. The first-order valence-corrected chi connectivity index (χ1v) is 8.66. The number of ether oxygens (including phenoxy) is 1. The molecule has 5 rings (SSSR count). The molecule has 24 heavy (non-hydrogen) atoms. The van der Waals surface area contributed by atoms with Gasteiger partial charge in [0.2, 0.25) is 0 Å². The fourth-order valence-corrected chi connectivity index (χ4v) is 5.97. The summed E-state index contributed by atoms with van der Waals surface area (Å²) in [5, 5.41) is 42.9. The van der Waals surface area contributed by atoms with Crippen molar-refractivity contribution >= 4 is 0 Å². The van der Waals surface area contributed by atoms with E-state index in [0.717, 1.165) is 17.7 Å². The Morgan fingerprint density at radius 3 is 2.88 bits per heavy atom. The van der Waals surface area contributed by atoms with Crippen molar-refractivity contribution in [1.82, 2.24) is 4.90 Å². The number of likely N-dealkylation sites (N-methyl/N-ethyl adjacent to an activating group) is 1. The lowest BCUT2D eigenvalue weighted by molar-refractivity contribution is -0.251. The van der Waals surface area contributed by atoms with E-state index in [2.05, 4.69) is 4.90 Å². The van der Waals surface area contributed by atoms with Crippen LogP contribution in [0.4, 0.5) is 0 Å². The molecule has 130 valence electrons. The number of rotatable bonds is 1. The van der Waals surface area contributed by atoms with E-state index in [0.29, 0.717) is 24.2 Å². The normalized spacial score (nSPS) is 45.7. The summed E-state index contributed by atoms with van der Waals surface area (Å²) < 4.78 is 6.16. The molecule has 1 saturated heterocycles. The highest BCUT2D eigenvalue weighted by molar-refractivity contribution is 5.61. The van der Waals surface area contributed by atoms with Crippen molar-refractivity contribution in [3.05, 3.63) is 28.8 Å². The number of aliphatic hydroxyl groups excluding tert-OH is 3. The first kappa shape index (κ1) is 15.1. The highest BCUT2D eigenvalue weighted by Gasteiger charge is 2.75. The Morgan fingerprint density at radius 1 is 1.33 bits per heavy atom. The zero-order chi connectivity index (χ0) is 16.9. The lowest BCUT2D eigenvalue weighted by atomic mass is 9.48. The molecule has 1 spiro atoms. The Kier molecular flexibility index (Phi) is 2.84.